The summed E-state index contributed by atoms with van der Waals surface area (Å²) in [4.78, 5) is 24.7. The lowest BCUT2D eigenvalue weighted by Gasteiger charge is -2.39. The predicted octanol–water partition coefficient (Wildman–Crippen LogP) is 2.67. The minimum atomic E-state index is -0.0272. The van der Waals surface area contributed by atoms with E-state index in [1.807, 2.05) is 6.08 Å². The van der Waals surface area contributed by atoms with E-state index < -0.39 is 0 Å². The molecule has 2 fully saturated rings. The van der Waals surface area contributed by atoms with Gasteiger partial charge in [-0.1, -0.05) is 18.9 Å². The number of allylic oxidation sites excluding steroid dienone is 2. The molecule has 0 amide bonds. The topological polar surface area (TPSA) is 34.1 Å². The Bertz CT molecular complexity index is 367. The Hall–Kier alpha value is -0.920. The predicted molar refractivity (Wildman–Crippen MR) is 60.9 cm³/mol. The summed E-state index contributed by atoms with van der Waals surface area (Å²) < 4.78 is 0. The molecule has 3 rings (SSSR count). The van der Waals surface area contributed by atoms with Crippen LogP contribution in [0.5, 0.6) is 0 Å². The normalized spacial score (nSPS) is 38.8. The van der Waals surface area contributed by atoms with Crippen LogP contribution in [0.3, 0.4) is 0 Å². The fourth-order valence-electron chi connectivity index (χ4n) is 3.70. The van der Waals surface area contributed by atoms with Crippen molar-refractivity contribution in [3.05, 3.63) is 11.6 Å². The zero-order chi connectivity index (χ0) is 11.1. The number of ketones is 2. The van der Waals surface area contributed by atoms with Gasteiger partial charge in [-0.05, 0) is 32.1 Å². The van der Waals surface area contributed by atoms with Crippen molar-refractivity contribution in [2.24, 2.45) is 17.8 Å². The maximum atomic E-state index is 12.3. The van der Waals surface area contributed by atoms with E-state index >= 15 is 0 Å². The Kier molecular flexibility index (Phi) is 2.45. The van der Waals surface area contributed by atoms with E-state index in [1.165, 1.54) is 0 Å². The third-order valence-corrected chi connectivity index (χ3v) is 4.53. The van der Waals surface area contributed by atoms with Crippen molar-refractivity contribution in [1.29, 1.82) is 0 Å². The molecular formula is C14H18O2. The SMILES string of the molecule is O=C1C2=CCCCC2C(=O)C2CCCCC12. The molecule has 0 aliphatic heterocycles. The summed E-state index contributed by atoms with van der Waals surface area (Å²) in [5.74, 6) is 0.785. The first-order chi connectivity index (χ1) is 7.79. The molecule has 86 valence electrons. The van der Waals surface area contributed by atoms with Crippen LogP contribution in [0, 0.1) is 17.8 Å². The van der Waals surface area contributed by atoms with E-state index in [1.54, 1.807) is 0 Å². The number of carbonyl (C=O) groups is 2. The summed E-state index contributed by atoms with van der Waals surface area (Å²) in [6.45, 7) is 0. The average molecular weight is 218 g/mol. The minimum Gasteiger partial charge on any atom is -0.299 e. The van der Waals surface area contributed by atoms with Gasteiger partial charge in [0.25, 0.3) is 0 Å². The zero-order valence-electron chi connectivity index (χ0n) is 9.58. The van der Waals surface area contributed by atoms with Gasteiger partial charge in [0.15, 0.2) is 5.78 Å². The van der Waals surface area contributed by atoms with Crippen molar-refractivity contribution in [3.63, 3.8) is 0 Å². The van der Waals surface area contributed by atoms with Crippen molar-refractivity contribution in [2.75, 3.05) is 0 Å². The van der Waals surface area contributed by atoms with Gasteiger partial charge in [-0.2, -0.15) is 0 Å². The van der Waals surface area contributed by atoms with Gasteiger partial charge in [0, 0.05) is 23.3 Å². The molecule has 3 atom stereocenters. The fraction of sp³-hybridized carbons (Fsp3) is 0.714. The van der Waals surface area contributed by atoms with Gasteiger partial charge in [-0.25, -0.2) is 0 Å². The largest absolute Gasteiger partial charge is 0.299 e. The standard InChI is InChI=1S/C14H18O2/c15-13-9-5-1-2-6-10(9)14(16)12-8-4-3-7-11(12)13/h5,10-12H,1-4,6-8H2. The van der Waals surface area contributed by atoms with E-state index in [9.17, 15) is 9.59 Å². The Morgan fingerprint density at radius 2 is 1.69 bits per heavy atom. The minimum absolute atomic E-state index is 0.0272. The molecule has 3 aliphatic carbocycles. The van der Waals surface area contributed by atoms with Crippen molar-refractivity contribution in [1.82, 2.24) is 0 Å². The highest BCUT2D eigenvalue weighted by atomic mass is 16.1. The third-order valence-electron chi connectivity index (χ3n) is 4.53. The van der Waals surface area contributed by atoms with Crippen LogP contribution < -0.4 is 0 Å². The smallest absolute Gasteiger partial charge is 0.163 e. The summed E-state index contributed by atoms with van der Waals surface area (Å²) in [6, 6.07) is 0. The lowest BCUT2D eigenvalue weighted by atomic mass is 9.62. The van der Waals surface area contributed by atoms with Crippen molar-refractivity contribution < 1.29 is 9.59 Å². The second-order valence-electron chi connectivity index (χ2n) is 5.41. The lowest BCUT2D eigenvalue weighted by molar-refractivity contribution is -0.139. The summed E-state index contributed by atoms with van der Waals surface area (Å²) >= 11 is 0. The van der Waals surface area contributed by atoms with Crippen LogP contribution in [-0.4, -0.2) is 11.6 Å². The van der Waals surface area contributed by atoms with Gasteiger partial charge < -0.3 is 0 Å². The van der Waals surface area contributed by atoms with Crippen molar-refractivity contribution >= 4 is 11.6 Å². The van der Waals surface area contributed by atoms with Gasteiger partial charge in [-0.15, -0.1) is 0 Å². The number of hydrogen-bond donors (Lipinski definition) is 0. The van der Waals surface area contributed by atoms with Crippen LogP contribution in [0.4, 0.5) is 0 Å². The highest BCUT2D eigenvalue weighted by Crippen LogP contribution is 2.43. The van der Waals surface area contributed by atoms with E-state index in [0.29, 0.717) is 11.6 Å². The molecule has 0 spiro atoms. The van der Waals surface area contributed by atoms with Gasteiger partial charge in [0.2, 0.25) is 0 Å². The van der Waals surface area contributed by atoms with E-state index in [2.05, 4.69) is 0 Å². The van der Waals surface area contributed by atoms with Crippen LogP contribution in [0.25, 0.3) is 0 Å². The molecule has 0 saturated heterocycles. The van der Waals surface area contributed by atoms with Crippen molar-refractivity contribution in [2.45, 2.75) is 44.9 Å². The molecule has 0 aromatic heterocycles. The number of hydrogen-bond acceptors (Lipinski definition) is 2. The Morgan fingerprint density at radius 3 is 2.50 bits per heavy atom. The van der Waals surface area contributed by atoms with E-state index in [4.69, 9.17) is 0 Å². The molecule has 0 bridgehead atoms. The zero-order valence-corrected chi connectivity index (χ0v) is 9.58. The Morgan fingerprint density at radius 1 is 0.938 bits per heavy atom. The number of rotatable bonds is 0. The molecule has 2 saturated carbocycles. The highest BCUT2D eigenvalue weighted by molar-refractivity contribution is 6.09. The Labute approximate surface area is 96.1 Å². The van der Waals surface area contributed by atoms with Crippen molar-refractivity contribution in [3.8, 4) is 0 Å². The van der Waals surface area contributed by atoms with Crippen LogP contribution in [-0.2, 0) is 9.59 Å². The van der Waals surface area contributed by atoms with E-state index in [0.717, 1.165) is 50.5 Å². The maximum Gasteiger partial charge on any atom is 0.163 e. The second-order valence-corrected chi connectivity index (χ2v) is 5.41. The first kappa shape index (κ1) is 10.2. The fourth-order valence-corrected chi connectivity index (χ4v) is 3.70. The quantitative estimate of drug-likeness (QED) is 0.626. The lowest BCUT2D eigenvalue weighted by Crippen LogP contribution is -2.45. The van der Waals surface area contributed by atoms with Crippen LogP contribution in [0.2, 0.25) is 0 Å². The van der Waals surface area contributed by atoms with Crippen LogP contribution in [0.15, 0.2) is 11.6 Å². The number of fused-ring (bicyclic) bond motifs is 2. The molecule has 0 radical (unpaired) electrons. The van der Waals surface area contributed by atoms with Gasteiger partial charge >= 0.3 is 0 Å². The molecule has 0 aromatic rings. The van der Waals surface area contributed by atoms with Crippen LogP contribution >= 0.6 is 0 Å². The van der Waals surface area contributed by atoms with Gasteiger partial charge in [0.05, 0.1) is 0 Å². The molecule has 3 aliphatic rings. The molecule has 2 nitrogen and oxygen atoms in total. The number of carbonyl (C=O) groups excluding carboxylic acids is 2. The molecule has 2 heteroatoms. The first-order valence-corrected chi connectivity index (χ1v) is 6.57. The summed E-state index contributed by atoms with van der Waals surface area (Å²) in [6.07, 6.45) is 9.17. The van der Waals surface area contributed by atoms with Crippen LogP contribution in [0.1, 0.15) is 44.9 Å². The molecule has 3 unspecified atom stereocenters. The highest BCUT2D eigenvalue weighted by Gasteiger charge is 2.46. The molecule has 0 aromatic carbocycles. The summed E-state index contributed by atoms with van der Waals surface area (Å²) in [5.41, 5.74) is 0.874. The molecule has 16 heavy (non-hydrogen) atoms. The first-order valence-electron chi connectivity index (χ1n) is 6.57. The molecule has 0 N–H and O–H groups in total. The number of Topliss-reactive ketones (excluding diaryl/α,β-unsaturated/α-hetero) is 2. The average Bonchev–Trinajstić information content (AvgIpc) is 2.36. The maximum absolute atomic E-state index is 12.3. The van der Waals surface area contributed by atoms with Gasteiger partial charge in [0.1, 0.15) is 5.78 Å². The second kappa shape index (κ2) is 3.83. The third kappa shape index (κ3) is 1.39. The molecular weight excluding hydrogens is 200 g/mol. The Balaban J connectivity index is 1.97. The summed E-state index contributed by atoms with van der Waals surface area (Å²) in [5, 5.41) is 0. The van der Waals surface area contributed by atoms with E-state index in [-0.39, 0.29) is 17.8 Å². The molecule has 0 heterocycles. The summed E-state index contributed by atoms with van der Waals surface area (Å²) in [7, 11) is 0. The monoisotopic (exact) mass is 218 g/mol. The van der Waals surface area contributed by atoms with Gasteiger partial charge in [-0.3, -0.25) is 9.59 Å².